The number of hydrogen-bond donors (Lipinski definition) is 1. The molecule has 16 heavy (non-hydrogen) atoms. The van der Waals surface area contributed by atoms with E-state index >= 15 is 0 Å². The minimum absolute atomic E-state index is 0.315. The van der Waals surface area contributed by atoms with E-state index in [9.17, 15) is 4.79 Å². The minimum atomic E-state index is -0.315. The summed E-state index contributed by atoms with van der Waals surface area (Å²) in [5, 5.41) is 0. The van der Waals surface area contributed by atoms with Gasteiger partial charge >= 0.3 is 5.69 Å². The van der Waals surface area contributed by atoms with Crippen molar-refractivity contribution in [1.29, 1.82) is 0 Å². The molecular weight excluding hydrogens is 220 g/mol. The van der Waals surface area contributed by atoms with Crippen molar-refractivity contribution >= 4 is 11.8 Å². The van der Waals surface area contributed by atoms with Crippen LogP contribution in [0.25, 0.3) is 11.3 Å². The first-order valence-electron chi connectivity index (χ1n) is 5.08. The van der Waals surface area contributed by atoms with Crippen LogP contribution in [0.4, 0.5) is 0 Å². The van der Waals surface area contributed by atoms with Gasteiger partial charge in [-0.15, -0.1) is 11.8 Å². The van der Waals surface area contributed by atoms with Gasteiger partial charge in [0.2, 0.25) is 0 Å². The van der Waals surface area contributed by atoms with Gasteiger partial charge in [0.05, 0.1) is 5.69 Å². The predicted octanol–water partition coefficient (Wildman–Crippen LogP) is 2.55. The number of H-pyrrole nitrogens is 1. The Morgan fingerprint density at radius 3 is 2.62 bits per heavy atom. The largest absolute Gasteiger partial charge is 0.345 e. The Kier molecular flexibility index (Phi) is 3.41. The Hall–Kier alpha value is -1.55. The summed E-state index contributed by atoms with van der Waals surface area (Å²) in [6.45, 7) is 2.12. The van der Waals surface area contributed by atoms with Gasteiger partial charge in [0.25, 0.3) is 0 Å². The number of aromatic amines is 1. The molecule has 0 atom stereocenters. The Labute approximate surface area is 97.9 Å². The summed E-state index contributed by atoms with van der Waals surface area (Å²) >= 11 is 1.80. The number of nitrogens with one attached hydrogen (secondary N) is 1. The third kappa shape index (κ3) is 2.52. The summed E-state index contributed by atoms with van der Waals surface area (Å²) in [7, 11) is 0. The first kappa shape index (κ1) is 11.0. The highest BCUT2D eigenvalue weighted by atomic mass is 32.2. The van der Waals surface area contributed by atoms with Crippen molar-refractivity contribution in [3.05, 3.63) is 47.0 Å². The molecule has 2 aromatic rings. The van der Waals surface area contributed by atoms with Gasteiger partial charge in [-0.05, 0) is 29.5 Å². The van der Waals surface area contributed by atoms with Crippen LogP contribution in [0.2, 0.25) is 0 Å². The molecule has 0 bridgehead atoms. The zero-order valence-corrected chi connectivity index (χ0v) is 9.75. The maximum atomic E-state index is 11.1. The molecule has 1 N–H and O–H groups in total. The lowest BCUT2D eigenvalue weighted by Gasteiger charge is -2.02. The SMILES string of the molecule is CCSc1ccc(-c2ccnc(=O)[nH]2)cc1. The van der Waals surface area contributed by atoms with E-state index in [-0.39, 0.29) is 5.69 Å². The van der Waals surface area contributed by atoms with Crippen LogP contribution < -0.4 is 5.69 Å². The van der Waals surface area contributed by atoms with Gasteiger partial charge in [0.15, 0.2) is 0 Å². The molecule has 1 aromatic carbocycles. The monoisotopic (exact) mass is 232 g/mol. The van der Waals surface area contributed by atoms with Crippen molar-refractivity contribution in [2.24, 2.45) is 0 Å². The second-order valence-corrected chi connectivity index (χ2v) is 4.58. The van der Waals surface area contributed by atoms with E-state index in [0.29, 0.717) is 0 Å². The fraction of sp³-hybridized carbons (Fsp3) is 0.167. The van der Waals surface area contributed by atoms with Crippen molar-refractivity contribution in [2.75, 3.05) is 5.75 Å². The van der Waals surface area contributed by atoms with E-state index in [1.807, 2.05) is 12.1 Å². The number of rotatable bonds is 3. The van der Waals surface area contributed by atoms with Crippen molar-refractivity contribution in [3.63, 3.8) is 0 Å². The van der Waals surface area contributed by atoms with Gasteiger partial charge in [-0.1, -0.05) is 19.1 Å². The summed E-state index contributed by atoms with van der Waals surface area (Å²) in [6, 6.07) is 9.92. The van der Waals surface area contributed by atoms with Gasteiger partial charge in [-0.3, -0.25) is 0 Å². The van der Waals surface area contributed by atoms with E-state index < -0.39 is 0 Å². The zero-order valence-electron chi connectivity index (χ0n) is 8.93. The molecule has 1 heterocycles. The summed E-state index contributed by atoms with van der Waals surface area (Å²) in [6.07, 6.45) is 1.52. The van der Waals surface area contributed by atoms with Crippen LogP contribution in [0.5, 0.6) is 0 Å². The van der Waals surface area contributed by atoms with Gasteiger partial charge < -0.3 is 4.98 Å². The molecule has 0 radical (unpaired) electrons. The smallest absolute Gasteiger partial charge is 0.305 e. The average molecular weight is 232 g/mol. The van der Waals surface area contributed by atoms with E-state index in [4.69, 9.17) is 0 Å². The molecule has 0 unspecified atom stereocenters. The number of aromatic nitrogens is 2. The number of hydrogen-bond acceptors (Lipinski definition) is 3. The summed E-state index contributed by atoms with van der Waals surface area (Å²) in [5.74, 6) is 1.06. The molecule has 2 rings (SSSR count). The quantitative estimate of drug-likeness (QED) is 0.827. The highest BCUT2D eigenvalue weighted by molar-refractivity contribution is 7.99. The van der Waals surface area contributed by atoms with Crippen molar-refractivity contribution in [2.45, 2.75) is 11.8 Å². The molecule has 0 spiro atoms. The van der Waals surface area contributed by atoms with Crippen LogP contribution in [0, 0.1) is 0 Å². The molecule has 0 amide bonds. The molecule has 0 saturated heterocycles. The van der Waals surface area contributed by atoms with Crippen LogP contribution in [-0.2, 0) is 0 Å². The second-order valence-electron chi connectivity index (χ2n) is 3.25. The van der Waals surface area contributed by atoms with Crippen LogP contribution in [0.1, 0.15) is 6.92 Å². The van der Waals surface area contributed by atoms with E-state index in [0.717, 1.165) is 17.0 Å². The third-order valence-corrected chi connectivity index (χ3v) is 3.05. The molecule has 3 nitrogen and oxygen atoms in total. The molecule has 4 heteroatoms. The number of thioether (sulfide) groups is 1. The third-order valence-electron chi connectivity index (χ3n) is 2.15. The van der Waals surface area contributed by atoms with Crippen LogP contribution in [-0.4, -0.2) is 15.7 Å². The molecule has 0 aliphatic heterocycles. The Bertz CT molecular complexity index is 519. The highest BCUT2D eigenvalue weighted by Gasteiger charge is 1.98. The molecule has 0 saturated carbocycles. The predicted molar refractivity (Wildman–Crippen MR) is 66.7 cm³/mol. The fourth-order valence-electron chi connectivity index (χ4n) is 1.43. The van der Waals surface area contributed by atoms with Crippen LogP contribution >= 0.6 is 11.8 Å². The average Bonchev–Trinajstić information content (AvgIpc) is 2.30. The Morgan fingerprint density at radius 1 is 1.25 bits per heavy atom. The second kappa shape index (κ2) is 4.99. The van der Waals surface area contributed by atoms with Crippen LogP contribution in [0.15, 0.2) is 46.2 Å². The molecule has 0 aliphatic rings. The lowest BCUT2D eigenvalue weighted by molar-refractivity contribution is 1.08. The van der Waals surface area contributed by atoms with Crippen LogP contribution in [0.3, 0.4) is 0 Å². The maximum absolute atomic E-state index is 11.1. The number of benzene rings is 1. The van der Waals surface area contributed by atoms with E-state index in [1.165, 1.54) is 11.1 Å². The normalized spacial score (nSPS) is 10.3. The van der Waals surface area contributed by atoms with E-state index in [2.05, 4.69) is 29.0 Å². The van der Waals surface area contributed by atoms with Crippen molar-refractivity contribution < 1.29 is 0 Å². The van der Waals surface area contributed by atoms with Crippen molar-refractivity contribution in [1.82, 2.24) is 9.97 Å². The lowest BCUT2D eigenvalue weighted by atomic mass is 10.1. The van der Waals surface area contributed by atoms with Gasteiger partial charge in [0, 0.05) is 11.1 Å². The number of nitrogens with zero attached hydrogens (tertiary/aromatic N) is 1. The minimum Gasteiger partial charge on any atom is -0.305 e. The highest BCUT2D eigenvalue weighted by Crippen LogP contribution is 2.21. The van der Waals surface area contributed by atoms with E-state index in [1.54, 1.807) is 17.8 Å². The summed E-state index contributed by atoms with van der Waals surface area (Å²) in [4.78, 5) is 18.6. The first-order valence-corrected chi connectivity index (χ1v) is 6.06. The van der Waals surface area contributed by atoms with Gasteiger partial charge in [-0.2, -0.15) is 0 Å². The standard InChI is InChI=1S/C12H12N2OS/c1-2-16-10-5-3-9(4-6-10)11-7-8-13-12(15)14-11/h3-8H,2H2,1H3,(H,13,14,15). The Balaban J connectivity index is 2.31. The van der Waals surface area contributed by atoms with Gasteiger partial charge in [-0.25, -0.2) is 9.78 Å². The lowest BCUT2D eigenvalue weighted by Crippen LogP contribution is -2.09. The summed E-state index contributed by atoms with van der Waals surface area (Å²) in [5.41, 5.74) is 1.48. The molecule has 0 aliphatic carbocycles. The molecule has 82 valence electrons. The zero-order chi connectivity index (χ0) is 11.4. The Morgan fingerprint density at radius 2 is 2.00 bits per heavy atom. The molecule has 1 aromatic heterocycles. The maximum Gasteiger partial charge on any atom is 0.345 e. The fourth-order valence-corrected chi connectivity index (χ4v) is 2.10. The van der Waals surface area contributed by atoms with Gasteiger partial charge in [0.1, 0.15) is 0 Å². The van der Waals surface area contributed by atoms with Crippen molar-refractivity contribution in [3.8, 4) is 11.3 Å². The first-order chi connectivity index (χ1) is 7.79. The summed E-state index contributed by atoms with van der Waals surface area (Å²) < 4.78 is 0. The molecular formula is C12H12N2OS. The topological polar surface area (TPSA) is 45.8 Å². The molecule has 0 fully saturated rings.